The summed E-state index contributed by atoms with van der Waals surface area (Å²) in [7, 11) is 1.89. The first-order valence-electron chi connectivity index (χ1n) is 7.09. The van der Waals surface area contributed by atoms with Crippen LogP contribution < -0.4 is 10.6 Å². The predicted molar refractivity (Wildman–Crippen MR) is 79.6 cm³/mol. The zero-order chi connectivity index (χ0) is 13.8. The molecule has 0 aromatic carbocycles. The van der Waals surface area contributed by atoms with E-state index < -0.39 is 0 Å². The summed E-state index contributed by atoms with van der Waals surface area (Å²) in [4.78, 5) is 11.1. The first kappa shape index (κ1) is 14.1. The average Bonchev–Trinajstić information content (AvgIpc) is 2.86. The van der Waals surface area contributed by atoms with Crippen molar-refractivity contribution in [1.29, 1.82) is 0 Å². The minimum absolute atomic E-state index is 0.654. The number of anilines is 2. The highest BCUT2D eigenvalue weighted by atomic mass is 15.2. The van der Waals surface area contributed by atoms with Crippen molar-refractivity contribution in [3.8, 4) is 0 Å². The maximum absolute atomic E-state index is 4.33. The van der Waals surface area contributed by atoms with Crippen LogP contribution in [-0.4, -0.2) is 47.6 Å². The Morgan fingerprint density at radius 1 is 1.37 bits per heavy atom. The normalized spacial score (nSPS) is 19.9. The Morgan fingerprint density at radius 3 is 2.74 bits per heavy atom. The lowest BCUT2D eigenvalue weighted by Gasteiger charge is -2.20. The fourth-order valence-electron chi connectivity index (χ4n) is 2.62. The van der Waals surface area contributed by atoms with E-state index in [0.29, 0.717) is 6.04 Å². The molecule has 1 aliphatic heterocycles. The second kappa shape index (κ2) is 6.19. The van der Waals surface area contributed by atoms with E-state index >= 15 is 0 Å². The third kappa shape index (κ3) is 3.35. The van der Waals surface area contributed by atoms with E-state index in [2.05, 4.69) is 39.3 Å². The Labute approximate surface area is 115 Å². The molecule has 0 bridgehead atoms. The molecule has 0 spiro atoms. The lowest BCUT2D eigenvalue weighted by molar-refractivity contribution is 0.266. The van der Waals surface area contributed by atoms with Crippen molar-refractivity contribution >= 4 is 11.6 Å². The Morgan fingerprint density at radius 2 is 2.11 bits per heavy atom. The first-order valence-corrected chi connectivity index (χ1v) is 7.09. The van der Waals surface area contributed by atoms with Gasteiger partial charge in [-0.1, -0.05) is 0 Å². The summed E-state index contributed by atoms with van der Waals surface area (Å²) in [5.74, 6) is 2.56. The number of nitrogens with one attached hydrogen (secondary N) is 2. The Balaban J connectivity index is 1.90. The van der Waals surface area contributed by atoms with E-state index in [-0.39, 0.29) is 0 Å². The minimum Gasteiger partial charge on any atom is -0.373 e. The molecule has 5 heteroatoms. The van der Waals surface area contributed by atoms with Gasteiger partial charge >= 0.3 is 0 Å². The van der Waals surface area contributed by atoms with Crippen LogP contribution >= 0.6 is 0 Å². The Hall–Kier alpha value is -1.36. The van der Waals surface area contributed by atoms with Crippen molar-refractivity contribution < 1.29 is 0 Å². The van der Waals surface area contributed by atoms with Crippen LogP contribution in [0.4, 0.5) is 11.6 Å². The highest BCUT2D eigenvalue weighted by molar-refractivity contribution is 5.56. The van der Waals surface area contributed by atoms with Gasteiger partial charge in [0.15, 0.2) is 0 Å². The average molecular weight is 263 g/mol. The van der Waals surface area contributed by atoms with Crippen LogP contribution in [0.2, 0.25) is 0 Å². The molecule has 2 N–H and O–H groups in total. The standard InChI is InChI=1S/C14H25N5/c1-10(2)19-6-5-12(8-19)7-16-14-11(3)13(15-4)17-9-18-14/h9-10,12H,5-8H2,1-4H3,(H2,15,16,17,18). The summed E-state index contributed by atoms with van der Waals surface area (Å²) in [6, 6.07) is 0.654. The molecule has 106 valence electrons. The maximum Gasteiger partial charge on any atom is 0.134 e. The largest absolute Gasteiger partial charge is 0.373 e. The third-order valence-electron chi connectivity index (χ3n) is 3.93. The molecule has 0 saturated carbocycles. The monoisotopic (exact) mass is 263 g/mol. The number of aromatic nitrogens is 2. The molecule has 1 aromatic rings. The highest BCUT2D eigenvalue weighted by Gasteiger charge is 2.24. The Kier molecular flexibility index (Phi) is 4.58. The molecule has 2 rings (SSSR count). The van der Waals surface area contributed by atoms with Gasteiger partial charge in [-0.25, -0.2) is 9.97 Å². The van der Waals surface area contributed by atoms with Gasteiger partial charge in [0, 0.05) is 31.7 Å². The number of nitrogens with zero attached hydrogens (tertiary/aromatic N) is 3. The van der Waals surface area contributed by atoms with Gasteiger partial charge in [0.2, 0.25) is 0 Å². The maximum atomic E-state index is 4.33. The predicted octanol–water partition coefficient (Wildman–Crippen LogP) is 1.97. The third-order valence-corrected chi connectivity index (χ3v) is 3.93. The molecule has 19 heavy (non-hydrogen) atoms. The van der Waals surface area contributed by atoms with Crippen molar-refractivity contribution in [2.75, 3.05) is 37.3 Å². The highest BCUT2D eigenvalue weighted by Crippen LogP contribution is 2.21. The van der Waals surface area contributed by atoms with Gasteiger partial charge in [-0.05, 0) is 39.7 Å². The zero-order valence-electron chi connectivity index (χ0n) is 12.4. The fourth-order valence-corrected chi connectivity index (χ4v) is 2.62. The summed E-state index contributed by atoms with van der Waals surface area (Å²) < 4.78 is 0. The van der Waals surface area contributed by atoms with Crippen molar-refractivity contribution in [3.63, 3.8) is 0 Å². The molecule has 1 unspecified atom stereocenters. The Bertz CT molecular complexity index is 418. The van der Waals surface area contributed by atoms with Crippen molar-refractivity contribution in [1.82, 2.24) is 14.9 Å². The van der Waals surface area contributed by atoms with E-state index in [1.165, 1.54) is 19.5 Å². The van der Waals surface area contributed by atoms with Gasteiger partial charge < -0.3 is 15.5 Å². The smallest absolute Gasteiger partial charge is 0.134 e. The van der Waals surface area contributed by atoms with Gasteiger partial charge in [-0.15, -0.1) is 0 Å². The van der Waals surface area contributed by atoms with Crippen molar-refractivity contribution in [3.05, 3.63) is 11.9 Å². The van der Waals surface area contributed by atoms with Crippen LogP contribution in [0.1, 0.15) is 25.8 Å². The van der Waals surface area contributed by atoms with E-state index in [4.69, 9.17) is 0 Å². The second-order valence-electron chi connectivity index (χ2n) is 5.57. The van der Waals surface area contributed by atoms with E-state index in [1.807, 2.05) is 14.0 Å². The second-order valence-corrected chi connectivity index (χ2v) is 5.57. The number of hydrogen-bond acceptors (Lipinski definition) is 5. The van der Waals surface area contributed by atoms with Crippen molar-refractivity contribution in [2.45, 2.75) is 33.2 Å². The molecule has 1 atom stereocenters. The van der Waals surface area contributed by atoms with Crippen LogP contribution in [0.3, 0.4) is 0 Å². The van der Waals surface area contributed by atoms with Crippen LogP contribution in [-0.2, 0) is 0 Å². The molecule has 1 aliphatic rings. The van der Waals surface area contributed by atoms with Crippen LogP contribution in [0.25, 0.3) is 0 Å². The summed E-state index contributed by atoms with van der Waals surface area (Å²) >= 11 is 0. The van der Waals surface area contributed by atoms with E-state index in [1.54, 1.807) is 6.33 Å². The van der Waals surface area contributed by atoms with Gasteiger partial charge in [-0.2, -0.15) is 0 Å². The molecule has 5 nitrogen and oxygen atoms in total. The molecule has 1 fully saturated rings. The van der Waals surface area contributed by atoms with Gasteiger partial charge in [0.1, 0.15) is 18.0 Å². The minimum atomic E-state index is 0.654. The van der Waals surface area contributed by atoms with Gasteiger partial charge in [0.25, 0.3) is 0 Å². The molecule has 1 aromatic heterocycles. The number of hydrogen-bond donors (Lipinski definition) is 2. The molecule has 0 amide bonds. The SMILES string of the molecule is CNc1ncnc(NCC2CCN(C(C)C)C2)c1C. The van der Waals surface area contributed by atoms with Gasteiger partial charge in [-0.3, -0.25) is 0 Å². The van der Waals surface area contributed by atoms with E-state index in [0.717, 1.165) is 29.7 Å². The number of likely N-dealkylation sites (tertiary alicyclic amines) is 1. The lowest BCUT2D eigenvalue weighted by Crippen LogP contribution is -2.29. The van der Waals surface area contributed by atoms with E-state index in [9.17, 15) is 0 Å². The summed E-state index contributed by atoms with van der Waals surface area (Å²) in [6.45, 7) is 9.98. The molecule has 0 radical (unpaired) electrons. The molecule has 0 aliphatic carbocycles. The summed E-state index contributed by atoms with van der Waals surface area (Å²) in [5, 5.41) is 6.56. The lowest BCUT2D eigenvalue weighted by atomic mass is 10.1. The number of rotatable bonds is 5. The van der Waals surface area contributed by atoms with Crippen LogP contribution in [0, 0.1) is 12.8 Å². The molecule has 1 saturated heterocycles. The van der Waals surface area contributed by atoms with Crippen LogP contribution in [0.15, 0.2) is 6.33 Å². The fraction of sp³-hybridized carbons (Fsp3) is 0.714. The quantitative estimate of drug-likeness (QED) is 0.850. The zero-order valence-corrected chi connectivity index (χ0v) is 12.4. The van der Waals surface area contributed by atoms with Crippen molar-refractivity contribution in [2.24, 2.45) is 5.92 Å². The summed E-state index contributed by atoms with van der Waals surface area (Å²) in [5.41, 5.74) is 1.09. The van der Waals surface area contributed by atoms with Gasteiger partial charge in [0.05, 0.1) is 0 Å². The van der Waals surface area contributed by atoms with Crippen LogP contribution in [0.5, 0.6) is 0 Å². The molecular weight excluding hydrogens is 238 g/mol. The molecular formula is C14H25N5. The molecule has 2 heterocycles. The first-order chi connectivity index (χ1) is 9.11. The summed E-state index contributed by atoms with van der Waals surface area (Å²) in [6.07, 6.45) is 2.88. The topological polar surface area (TPSA) is 53.1 Å².